The van der Waals surface area contributed by atoms with E-state index < -0.39 is 0 Å². The highest BCUT2D eigenvalue weighted by Crippen LogP contribution is 2.35. The Hall–Kier alpha value is -2.19. The fourth-order valence-electron chi connectivity index (χ4n) is 3.22. The molecule has 8 heteroatoms. The Bertz CT molecular complexity index is 730. The molecule has 1 aliphatic carbocycles. The van der Waals surface area contributed by atoms with Gasteiger partial charge in [-0.25, -0.2) is 4.68 Å². The minimum atomic E-state index is -0.361. The number of nitrogens with one attached hydrogen (secondary N) is 1. The average Bonchev–Trinajstić information content (AvgIpc) is 3.18. The number of carbonyl (C=O) groups excluding carboxylic acids is 1. The minimum absolute atomic E-state index is 0.204. The lowest BCUT2D eigenvalue weighted by Crippen LogP contribution is -2.29. The molecule has 1 heterocycles. The maximum absolute atomic E-state index is 12.7. The van der Waals surface area contributed by atoms with E-state index >= 15 is 0 Å². The summed E-state index contributed by atoms with van der Waals surface area (Å²) in [6.07, 6.45) is 3.61. The van der Waals surface area contributed by atoms with E-state index in [1.165, 1.54) is 20.2 Å². The third-order valence-electron chi connectivity index (χ3n) is 4.54. The Morgan fingerprint density at radius 3 is 2.74 bits per heavy atom. The molecule has 1 aromatic rings. The van der Waals surface area contributed by atoms with Gasteiger partial charge in [-0.15, -0.1) is 0 Å². The number of amides is 1. The molecule has 0 unspecified atom stereocenters. The zero-order valence-corrected chi connectivity index (χ0v) is 16.8. The molecule has 2 rings (SSSR count). The van der Waals surface area contributed by atoms with Crippen molar-refractivity contribution in [1.82, 2.24) is 9.78 Å². The molecule has 1 saturated carbocycles. The van der Waals surface area contributed by atoms with E-state index in [-0.39, 0.29) is 35.8 Å². The highest BCUT2D eigenvalue weighted by Gasteiger charge is 2.29. The minimum Gasteiger partial charge on any atom is -0.400 e. The predicted octanol–water partition coefficient (Wildman–Crippen LogP) is 1.76. The molecule has 0 spiro atoms. The number of nitrogens with zero attached hydrogens (tertiary/aromatic N) is 3. The first-order chi connectivity index (χ1) is 12.7. The number of carbonyl (C=O) groups is 1. The molecule has 1 aromatic heterocycles. The molecule has 1 amide bonds. The topological polar surface area (TPSA) is 115 Å². The molecule has 0 aromatic carbocycles. The van der Waals surface area contributed by atoms with Crippen molar-refractivity contribution in [3.05, 3.63) is 23.5 Å². The normalized spacial score (nSPS) is 21.6. The number of aliphatic imine (C=N–C) groups is 1. The van der Waals surface area contributed by atoms with Crippen LogP contribution in [0.25, 0.3) is 0 Å². The number of hydrogen-bond donors (Lipinski definition) is 3. The molecule has 0 radical (unpaired) electrons. The summed E-state index contributed by atoms with van der Waals surface area (Å²) >= 11 is 0. The zero-order valence-electron chi connectivity index (χ0n) is 16.8. The number of anilines is 1. The van der Waals surface area contributed by atoms with E-state index in [9.17, 15) is 9.90 Å². The van der Waals surface area contributed by atoms with Crippen LogP contribution in [0.3, 0.4) is 0 Å². The van der Waals surface area contributed by atoms with Crippen LogP contribution >= 0.6 is 0 Å². The van der Waals surface area contributed by atoms with Crippen LogP contribution in [0.2, 0.25) is 0 Å². The van der Waals surface area contributed by atoms with Gasteiger partial charge >= 0.3 is 0 Å². The summed E-state index contributed by atoms with van der Waals surface area (Å²) < 4.78 is 6.77. The Kier molecular flexibility index (Phi) is 6.78. The summed E-state index contributed by atoms with van der Waals surface area (Å²) in [4.78, 5) is 16.7. The van der Waals surface area contributed by atoms with Gasteiger partial charge in [0.2, 0.25) is 0 Å². The third-order valence-corrected chi connectivity index (χ3v) is 4.54. The first-order valence-corrected chi connectivity index (χ1v) is 9.17. The van der Waals surface area contributed by atoms with Crippen LogP contribution in [0.15, 0.2) is 22.8 Å². The second kappa shape index (κ2) is 8.67. The molecule has 2 atom stereocenters. The maximum atomic E-state index is 12.7. The van der Waals surface area contributed by atoms with Crippen molar-refractivity contribution in [2.75, 3.05) is 26.1 Å². The molecule has 1 aliphatic rings. The quantitative estimate of drug-likeness (QED) is 0.654. The first-order valence-electron chi connectivity index (χ1n) is 9.17. The number of aliphatic hydroxyl groups excluding tert-OH is 1. The van der Waals surface area contributed by atoms with Crippen LogP contribution in [0.1, 0.15) is 51.6 Å². The van der Waals surface area contributed by atoms with Crippen LogP contribution in [0.5, 0.6) is 0 Å². The van der Waals surface area contributed by atoms with Crippen LogP contribution in [0.4, 0.5) is 5.82 Å². The van der Waals surface area contributed by atoms with Crippen LogP contribution in [-0.4, -0.2) is 53.4 Å². The van der Waals surface area contributed by atoms with E-state index in [0.29, 0.717) is 17.9 Å². The van der Waals surface area contributed by atoms with Gasteiger partial charge in [0.25, 0.3) is 5.91 Å². The summed E-state index contributed by atoms with van der Waals surface area (Å²) in [6, 6.07) is 1.89. The van der Waals surface area contributed by atoms with Gasteiger partial charge < -0.3 is 20.9 Å². The van der Waals surface area contributed by atoms with E-state index in [0.717, 1.165) is 18.5 Å². The van der Waals surface area contributed by atoms with Crippen LogP contribution < -0.4 is 11.1 Å². The summed E-state index contributed by atoms with van der Waals surface area (Å²) in [5.74, 6) is 0.444. The number of aromatic nitrogens is 2. The van der Waals surface area contributed by atoms with Crippen molar-refractivity contribution >= 4 is 17.4 Å². The number of methoxy groups -OCH3 is 1. The molecule has 0 bridgehead atoms. The van der Waals surface area contributed by atoms with E-state index in [1.54, 1.807) is 4.68 Å². The van der Waals surface area contributed by atoms with Gasteiger partial charge in [0.05, 0.1) is 23.9 Å². The molecule has 0 aliphatic heterocycles. The SMILES string of the molecule is CN=C(C=C(N)COC)C(=O)Nc1cc([C@H]2CC[C@@H](O)C2)nn1C(C)(C)C. The zero-order chi connectivity index (χ0) is 20.2. The lowest BCUT2D eigenvalue weighted by atomic mass is 10.0. The van der Waals surface area contributed by atoms with Gasteiger partial charge in [-0.1, -0.05) is 0 Å². The van der Waals surface area contributed by atoms with E-state index in [4.69, 9.17) is 15.6 Å². The average molecular weight is 377 g/mol. The Labute approximate surface area is 160 Å². The molecule has 27 heavy (non-hydrogen) atoms. The highest BCUT2D eigenvalue weighted by molar-refractivity contribution is 6.47. The molecule has 0 saturated heterocycles. The molecule has 150 valence electrons. The highest BCUT2D eigenvalue weighted by atomic mass is 16.5. The fourth-order valence-corrected chi connectivity index (χ4v) is 3.22. The summed E-state index contributed by atoms with van der Waals surface area (Å²) in [7, 11) is 3.07. The van der Waals surface area contributed by atoms with Gasteiger partial charge in [-0.3, -0.25) is 9.79 Å². The summed E-state index contributed by atoms with van der Waals surface area (Å²) in [6.45, 7) is 6.29. The number of nitrogens with two attached hydrogens (primary N) is 1. The number of ether oxygens (including phenoxy) is 1. The summed E-state index contributed by atoms with van der Waals surface area (Å²) in [5.41, 5.74) is 7.03. The number of rotatable bonds is 6. The first kappa shape index (κ1) is 21.1. The number of aliphatic hydroxyl groups is 1. The van der Waals surface area contributed by atoms with Gasteiger partial charge in [-0.05, 0) is 46.1 Å². The lowest BCUT2D eigenvalue weighted by molar-refractivity contribution is -0.110. The Morgan fingerprint density at radius 1 is 1.52 bits per heavy atom. The van der Waals surface area contributed by atoms with Gasteiger partial charge in [0, 0.05) is 31.8 Å². The Balaban J connectivity index is 2.27. The van der Waals surface area contributed by atoms with E-state index in [1.807, 2.05) is 26.8 Å². The predicted molar refractivity (Wildman–Crippen MR) is 106 cm³/mol. The standard InChI is InChI=1S/C19H31N5O3/c1-19(2,3)24-17(10-15(23-24)12-6-7-14(25)8-12)22-18(26)16(21-4)9-13(20)11-27-5/h9-10,12,14,25H,6-8,11,20H2,1-5H3,(H,22,26)/t12-,14+/m0/s1. The van der Waals surface area contributed by atoms with Gasteiger partial charge in [0.1, 0.15) is 11.5 Å². The van der Waals surface area contributed by atoms with Crippen LogP contribution in [0, 0.1) is 0 Å². The fraction of sp³-hybridized carbons (Fsp3) is 0.632. The van der Waals surface area contributed by atoms with Crippen molar-refractivity contribution in [2.45, 2.75) is 57.6 Å². The third kappa shape index (κ3) is 5.40. The number of hydrogen-bond acceptors (Lipinski definition) is 6. The van der Waals surface area contributed by atoms with Crippen molar-refractivity contribution in [2.24, 2.45) is 10.7 Å². The van der Waals surface area contributed by atoms with Crippen LogP contribution in [-0.2, 0) is 15.1 Å². The maximum Gasteiger partial charge on any atom is 0.274 e. The Morgan fingerprint density at radius 2 is 2.22 bits per heavy atom. The molecule has 8 nitrogen and oxygen atoms in total. The van der Waals surface area contributed by atoms with Gasteiger partial charge in [-0.2, -0.15) is 5.10 Å². The monoisotopic (exact) mass is 377 g/mol. The van der Waals surface area contributed by atoms with Crippen molar-refractivity contribution < 1.29 is 14.6 Å². The molecular formula is C19H31N5O3. The molecule has 4 N–H and O–H groups in total. The van der Waals surface area contributed by atoms with Crippen molar-refractivity contribution in [1.29, 1.82) is 0 Å². The summed E-state index contributed by atoms with van der Waals surface area (Å²) in [5, 5.41) is 17.4. The lowest BCUT2D eigenvalue weighted by Gasteiger charge is -2.22. The smallest absolute Gasteiger partial charge is 0.274 e. The van der Waals surface area contributed by atoms with Crippen molar-refractivity contribution in [3.8, 4) is 0 Å². The second-order valence-electron chi connectivity index (χ2n) is 7.92. The van der Waals surface area contributed by atoms with Crippen molar-refractivity contribution in [3.63, 3.8) is 0 Å². The largest absolute Gasteiger partial charge is 0.400 e. The second-order valence-corrected chi connectivity index (χ2v) is 7.92. The molecule has 1 fully saturated rings. The van der Waals surface area contributed by atoms with Gasteiger partial charge in [0.15, 0.2) is 0 Å². The molecular weight excluding hydrogens is 346 g/mol. The van der Waals surface area contributed by atoms with E-state index in [2.05, 4.69) is 10.3 Å².